The quantitative estimate of drug-likeness (QED) is 0.801. The summed E-state index contributed by atoms with van der Waals surface area (Å²) in [6, 6.07) is 6.91. The molecule has 1 aromatic heterocycles. The topological polar surface area (TPSA) is 110 Å². The van der Waals surface area contributed by atoms with Crippen molar-refractivity contribution < 1.29 is 14.7 Å². The Kier molecular flexibility index (Phi) is 4.60. The van der Waals surface area contributed by atoms with Crippen LogP contribution in [0.2, 0.25) is 0 Å². The molecular formula is C13H15N5O3. The van der Waals surface area contributed by atoms with Gasteiger partial charge in [-0.05, 0) is 28.5 Å². The maximum atomic E-state index is 12.2. The molecule has 0 aliphatic heterocycles. The number of tetrazole rings is 1. The van der Waals surface area contributed by atoms with E-state index in [0.717, 1.165) is 0 Å². The summed E-state index contributed by atoms with van der Waals surface area (Å²) in [4.78, 5) is 22.8. The third-order valence-electron chi connectivity index (χ3n) is 2.88. The predicted molar refractivity (Wildman–Crippen MR) is 72.9 cm³/mol. The van der Waals surface area contributed by atoms with E-state index in [1.54, 1.807) is 31.2 Å². The van der Waals surface area contributed by atoms with E-state index in [0.29, 0.717) is 11.3 Å². The highest BCUT2D eigenvalue weighted by Gasteiger charge is 2.14. The lowest BCUT2D eigenvalue weighted by Crippen LogP contribution is -2.30. The monoisotopic (exact) mass is 289 g/mol. The third kappa shape index (κ3) is 3.85. The molecule has 0 spiro atoms. The fourth-order valence-electron chi connectivity index (χ4n) is 1.87. The van der Waals surface area contributed by atoms with E-state index < -0.39 is 5.97 Å². The summed E-state index contributed by atoms with van der Waals surface area (Å²) in [7, 11) is 0. The highest BCUT2D eigenvalue weighted by atomic mass is 16.4. The Bertz CT molecular complexity index is 626. The number of aliphatic carboxylic acids is 1. The van der Waals surface area contributed by atoms with Gasteiger partial charge in [-0.2, -0.15) is 4.68 Å². The minimum Gasteiger partial charge on any atom is -0.481 e. The number of carboxylic acid groups (broad SMARTS) is 1. The number of hydrogen-bond donors (Lipinski definition) is 2. The van der Waals surface area contributed by atoms with Crippen molar-refractivity contribution in [3.05, 3.63) is 36.2 Å². The lowest BCUT2D eigenvalue weighted by atomic mass is 10.1. The van der Waals surface area contributed by atoms with Crippen LogP contribution in [0.1, 0.15) is 23.7 Å². The minimum absolute atomic E-state index is 0.00885. The number of carbonyl (C=O) groups is 2. The fourth-order valence-corrected chi connectivity index (χ4v) is 1.87. The number of benzene rings is 1. The van der Waals surface area contributed by atoms with E-state index >= 15 is 0 Å². The Morgan fingerprint density at radius 1 is 1.38 bits per heavy atom. The first-order chi connectivity index (χ1) is 10.1. The van der Waals surface area contributed by atoms with Crippen LogP contribution in [0, 0.1) is 5.92 Å². The van der Waals surface area contributed by atoms with Gasteiger partial charge in [-0.3, -0.25) is 9.59 Å². The van der Waals surface area contributed by atoms with Crippen molar-refractivity contribution in [2.75, 3.05) is 6.54 Å². The number of rotatable bonds is 6. The summed E-state index contributed by atoms with van der Waals surface area (Å²) in [5.41, 5.74) is 0.984. The molecule has 1 heterocycles. The Morgan fingerprint density at radius 3 is 2.81 bits per heavy atom. The number of para-hydroxylation sites is 1. The van der Waals surface area contributed by atoms with Gasteiger partial charge in [-0.25, -0.2) is 0 Å². The summed E-state index contributed by atoms with van der Waals surface area (Å²) < 4.78 is 1.40. The smallest absolute Gasteiger partial charge is 0.303 e. The zero-order chi connectivity index (χ0) is 15.2. The van der Waals surface area contributed by atoms with Gasteiger partial charge in [0.05, 0.1) is 11.3 Å². The second-order valence-electron chi connectivity index (χ2n) is 4.68. The largest absolute Gasteiger partial charge is 0.481 e. The standard InChI is InChI=1S/C13H15N5O3/c1-9(6-12(19)20)7-14-13(21)10-4-2-3-5-11(10)18-8-15-16-17-18/h2-5,8-9H,6-7H2,1H3,(H,14,21)(H,19,20). The molecule has 1 aromatic carbocycles. The molecular weight excluding hydrogens is 274 g/mol. The molecule has 110 valence electrons. The normalized spacial score (nSPS) is 11.9. The van der Waals surface area contributed by atoms with Gasteiger partial charge in [0.1, 0.15) is 6.33 Å². The summed E-state index contributed by atoms with van der Waals surface area (Å²) in [5.74, 6) is -1.32. The van der Waals surface area contributed by atoms with Crippen LogP contribution in [0.25, 0.3) is 5.69 Å². The molecule has 2 N–H and O–H groups in total. The molecule has 0 saturated heterocycles. The van der Waals surface area contributed by atoms with E-state index in [9.17, 15) is 9.59 Å². The highest BCUT2D eigenvalue weighted by Crippen LogP contribution is 2.12. The van der Waals surface area contributed by atoms with Gasteiger partial charge >= 0.3 is 5.97 Å². The molecule has 0 aliphatic rings. The SMILES string of the molecule is CC(CNC(=O)c1ccccc1-n1cnnn1)CC(=O)O. The van der Waals surface area contributed by atoms with E-state index in [2.05, 4.69) is 20.8 Å². The zero-order valence-corrected chi connectivity index (χ0v) is 11.4. The van der Waals surface area contributed by atoms with Crippen LogP contribution in [0.3, 0.4) is 0 Å². The predicted octanol–water partition coefficient (Wildman–Crippen LogP) is 0.503. The van der Waals surface area contributed by atoms with Crippen LogP contribution in [-0.4, -0.2) is 43.7 Å². The van der Waals surface area contributed by atoms with E-state index in [1.165, 1.54) is 11.0 Å². The van der Waals surface area contributed by atoms with Gasteiger partial charge < -0.3 is 10.4 Å². The fraction of sp³-hybridized carbons (Fsp3) is 0.308. The van der Waals surface area contributed by atoms with Gasteiger partial charge in [0.15, 0.2) is 0 Å². The van der Waals surface area contributed by atoms with Crippen molar-refractivity contribution in [2.45, 2.75) is 13.3 Å². The molecule has 0 radical (unpaired) electrons. The van der Waals surface area contributed by atoms with Crippen LogP contribution < -0.4 is 5.32 Å². The molecule has 0 fully saturated rings. The van der Waals surface area contributed by atoms with Gasteiger partial charge in [-0.1, -0.05) is 19.1 Å². The van der Waals surface area contributed by atoms with Crippen LogP contribution in [-0.2, 0) is 4.79 Å². The first kappa shape index (κ1) is 14.6. The maximum Gasteiger partial charge on any atom is 0.303 e. The number of carboxylic acids is 1. The Hall–Kier alpha value is -2.77. The van der Waals surface area contributed by atoms with Crippen LogP contribution in [0.15, 0.2) is 30.6 Å². The van der Waals surface area contributed by atoms with Crippen molar-refractivity contribution in [3.8, 4) is 5.69 Å². The highest BCUT2D eigenvalue weighted by molar-refractivity contribution is 5.97. The number of nitrogens with zero attached hydrogens (tertiary/aromatic N) is 4. The van der Waals surface area contributed by atoms with Crippen LogP contribution >= 0.6 is 0 Å². The average molecular weight is 289 g/mol. The number of carbonyl (C=O) groups excluding carboxylic acids is 1. The number of amides is 1. The number of hydrogen-bond acceptors (Lipinski definition) is 5. The van der Waals surface area contributed by atoms with E-state index in [4.69, 9.17) is 5.11 Å². The third-order valence-corrected chi connectivity index (χ3v) is 2.88. The summed E-state index contributed by atoms with van der Waals surface area (Å²) in [6.07, 6.45) is 1.41. The molecule has 1 atom stereocenters. The van der Waals surface area contributed by atoms with E-state index in [1.807, 2.05) is 0 Å². The van der Waals surface area contributed by atoms with Gasteiger partial charge in [0.25, 0.3) is 5.91 Å². The lowest BCUT2D eigenvalue weighted by molar-refractivity contribution is -0.137. The van der Waals surface area contributed by atoms with Crippen molar-refractivity contribution in [3.63, 3.8) is 0 Å². The first-order valence-corrected chi connectivity index (χ1v) is 6.40. The Morgan fingerprint density at radius 2 is 2.14 bits per heavy atom. The Balaban J connectivity index is 2.08. The van der Waals surface area contributed by atoms with E-state index in [-0.39, 0.29) is 24.8 Å². The Labute approximate surface area is 120 Å². The van der Waals surface area contributed by atoms with Crippen LogP contribution in [0.5, 0.6) is 0 Å². The second-order valence-corrected chi connectivity index (χ2v) is 4.68. The molecule has 0 bridgehead atoms. The van der Waals surface area contributed by atoms with Crippen molar-refractivity contribution >= 4 is 11.9 Å². The summed E-state index contributed by atoms with van der Waals surface area (Å²) >= 11 is 0. The van der Waals surface area contributed by atoms with Gasteiger partial charge in [0, 0.05) is 13.0 Å². The molecule has 2 aromatic rings. The summed E-state index contributed by atoms with van der Waals surface area (Å²) in [5, 5.41) is 22.3. The summed E-state index contributed by atoms with van der Waals surface area (Å²) in [6.45, 7) is 2.05. The maximum absolute atomic E-state index is 12.2. The molecule has 8 nitrogen and oxygen atoms in total. The molecule has 21 heavy (non-hydrogen) atoms. The van der Waals surface area contributed by atoms with Crippen LogP contribution in [0.4, 0.5) is 0 Å². The average Bonchev–Trinajstić information content (AvgIpc) is 2.98. The lowest BCUT2D eigenvalue weighted by Gasteiger charge is -2.12. The van der Waals surface area contributed by atoms with Gasteiger partial charge in [0.2, 0.25) is 0 Å². The molecule has 1 amide bonds. The van der Waals surface area contributed by atoms with Crippen molar-refractivity contribution in [1.29, 1.82) is 0 Å². The van der Waals surface area contributed by atoms with Crippen molar-refractivity contribution in [2.24, 2.45) is 5.92 Å². The number of aromatic nitrogens is 4. The molecule has 8 heteroatoms. The van der Waals surface area contributed by atoms with Gasteiger partial charge in [-0.15, -0.1) is 5.10 Å². The molecule has 0 saturated carbocycles. The zero-order valence-electron chi connectivity index (χ0n) is 11.4. The molecule has 0 aliphatic carbocycles. The minimum atomic E-state index is -0.883. The number of nitrogens with one attached hydrogen (secondary N) is 1. The second kappa shape index (κ2) is 6.60. The van der Waals surface area contributed by atoms with Crippen molar-refractivity contribution in [1.82, 2.24) is 25.5 Å². The molecule has 1 unspecified atom stereocenters. The first-order valence-electron chi connectivity index (χ1n) is 6.40. The molecule has 2 rings (SSSR count).